The Hall–Kier alpha value is -3.15. The number of esters is 3. The number of hydrogen-bond acceptors (Lipinski definition) is 6. The maximum atomic E-state index is 12.9. The van der Waals surface area contributed by atoms with Crippen LogP contribution in [0.2, 0.25) is 0 Å². The van der Waals surface area contributed by atoms with E-state index in [0.717, 1.165) is 109 Å². The third-order valence-corrected chi connectivity index (χ3v) is 14.4. The third-order valence-electron chi connectivity index (χ3n) is 14.4. The van der Waals surface area contributed by atoms with Gasteiger partial charge < -0.3 is 14.2 Å². The van der Waals surface area contributed by atoms with Gasteiger partial charge in [-0.2, -0.15) is 0 Å². The van der Waals surface area contributed by atoms with Gasteiger partial charge in [-0.15, -0.1) is 0 Å². The molecule has 6 heteroatoms. The van der Waals surface area contributed by atoms with E-state index in [1.165, 1.54) is 186 Å². The molecule has 0 aromatic rings. The number of hydrogen-bond donors (Lipinski definition) is 0. The van der Waals surface area contributed by atoms with Gasteiger partial charge in [0.1, 0.15) is 13.2 Å². The SMILES string of the molecule is CC/C=C\C/C=C\C/C=C\C/C=C\C/C=C\CCCCCCCCCC(=O)OC(COC(=O)CCCCCCC/C=C\CCC)COC(=O)CCCCCCCCCCCCCCCCCCCCCCCCCCC. The van der Waals surface area contributed by atoms with Crippen molar-refractivity contribution in [2.24, 2.45) is 0 Å². The van der Waals surface area contributed by atoms with Gasteiger partial charge in [0, 0.05) is 19.3 Å². The van der Waals surface area contributed by atoms with Crippen molar-refractivity contribution in [3.63, 3.8) is 0 Å². The van der Waals surface area contributed by atoms with Crippen molar-refractivity contribution in [1.82, 2.24) is 0 Å². The van der Waals surface area contributed by atoms with Gasteiger partial charge >= 0.3 is 17.9 Å². The molecule has 1 unspecified atom stereocenters. The van der Waals surface area contributed by atoms with Crippen LogP contribution in [0.25, 0.3) is 0 Å². The number of unbranched alkanes of at least 4 members (excludes halogenated alkanes) is 37. The summed E-state index contributed by atoms with van der Waals surface area (Å²) in [6.45, 7) is 6.49. The standard InChI is InChI=1S/C70H124O6/c1-4-7-10-13-16-19-22-24-26-28-30-32-34-35-37-38-40-42-44-46-48-51-54-57-60-63-69(72)75-66-67(65-74-68(71)62-59-56-53-50-21-18-15-12-9-6-3)76-70(73)64-61-58-55-52-49-47-45-43-41-39-36-33-31-29-27-25-23-20-17-14-11-8-5-2/h8,11-12,15,17,20,25,27,31,33,39,41,67H,4-7,9-10,13-14,16,18-19,21-24,26,28-30,32,34-38,40,42-66H2,1-3H3/b11-8-,15-12-,20-17-,27-25-,33-31-,41-39-. The summed E-state index contributed by atoms with van der Waals surface area (Å²) in [4.78, 5) is 38.2. The number of rotatable bonds is 60. The van der Waals surface area contributed by atoms with Gasteiger partial charge in [0.05, 0.1) is 0 Å². The van der Waals surface area contributed by atoms with E-state index in [9.17, 15) is 14.4 Å². The summed E-state index contributed by atoms with van der Waals surface area (Å²) in [5, 5.41) is 0. The second kappa shape index (κ2) is 64.4. The van der Waals surface area contributed by atoms with Crippen molar-refractivity contribution >= 4 is 17.9 Å². The summed E-state index contributed by atoms with van der Waals surface area (Å²) < 4.78 is 16.9. The molecule has 0 fully saturated rings. The molecule has 0 aliphatic heterocycles. The number of allylic oxidation sites excluding steroid dienone is 12. The lowest BCUT2D eigenvalue weighted by molar-refractivity contribution is -0.167. The fraction of sp³-hybridized carbons (Fsp3) is 0.786. The molecule has 0 bridgehead atoms. The van der Waals surface area contributed by atoms with Gasteiger partial charge in [0.25, 0.3) is 0 Å². The number of carbonyl (C=O) groups is 3. The Balaban J connectivity index is 4.22. The Bertz CT molecular complexity index is 1400. The molecule has 0 aromatic carbocycles. The van der Waals surface area contributed by atoms with Crippen molar-refractivity contribution in [2.45, 2.75) is 341 Å². The van der Waals surface area contributed by atoms with E-state index in [1.807, 2.05) is 0 Å². The monoisotopic (exact) mass is 1060 g/mol. The van der Waals surface area contributed by atoms with Crippen LogP contribution < -0.4 is 0 Å². The smallest absolute Gasteiger partial charge is 0.306 e. The first-order chi connectivity index (χ1) is 37.5. The minimum atomic E-state index is -0.784. The molecular formula is C70H124O6. The van der Waals surface area contributed by atoms with Crippen LogP contribution in [-0.2, 0) is 28.6 Å². The molecule has 0 saturated heterocycles. The summed E-state index contributed by atoms with van der Waals surface area (Å²) in [5.74, 6) is -0.887. The summed E-state index contributed by atoms with van der Waals surface area (Å²) in [6, 6.07) is 0. The van der Waals surface area contributed by atoms with Crippen molar-refractivity contribution in [1.29, 1.82) is 0 Å². The van der Waals surface area contributed by atoms with E-state index >= 15 is 0 Å². The predicted octanol–water partition coefficient (Wildman–Crippen LogP) is 22.5. The minimum Gasteiger partial charge on any atom is -0.462 e. The molecule has 0 N–H and O–H groups in total. The molecule has 0 rings (SSSR count). The molecule has 0 aliphatic carbocycles. The topological polar surface area (TPSA) is 78.9 Å². The maximum Gasteiger partial charge on any atom is 0.306 e. The molecule has 440 valence electrons. The molecule has 0 radical (unpaired) electrons. The summed E-state index contributed by atoms with van der Waals surface area (Å²) >= 11 is 0. The van der Waals surface area contributed by atoms with Crippen LogP contribution in [0.5, 0.6) is 0 Å². The van der Waals surface area contributed by atoms with Gasteiger partial charge in [0.15, 0.2) is 6.10 Å². The van der Waals surface area contributed by atoms with E-state index in [4.69, 9.17) is 14.2 Å². The lowest BCUT2D eigenvalue weighted by Gasteiger charge is -2.18. The summed E-state index contributed by atoms with van der Waals surface area (Å²) in [7, 11) is 0. The zero-order valence-corrected chi connectivity index (χ0v) is 50.5. The third kappa shape index (κ3) is 61.7. The van der Waals surface area contributed by atoms with Gasteiger partial charge in [-0.1, -0.05) is 306 Å². The fourth-order valence-corrected chi connectivity index (χ4v) is 9.53. The summed E-state index contributed by atoms with van der Waals surface area (Å²) in [6.07, 6.45) is 83.6. The maximum absolute atomic E-state index is 12.9. The summed E-state index contributed by atoms with van der Waals surface area (Å²) in [5.41, 5.74) is 0. The lowest BCUT2D eigenvalue weighted by atomic mass is 10.0. The highest BCUT2D eigenvalue weighted by molar-refractivity contribution is 5.71. The van der Waals surface area contributed by atoms with Crippen LogP contribution >= 0.6 is 0 Å². The van der Waals surface area contributed by atoms with Crippen molar-refractivity contribution < 1.29 is 28.6 Å². The van der Waals surface area contributed by atoms with Crippen LogP contribution in [-0.4, -0.2) is 37.2 Å². The van der Waals surface area contributed by atoms with Gasteiger partial charge in [-0.3, -0.25) is 14.4 Å². The molecule has 76 heavy (non-hydrogen) atoms. The minimum absolute atomic E-state index is 0.0797. The lowest BCUT2D eigenvalue weighted by Crippen LogP contribution is -2.30. The largest absolute Gasteiger partial charge is 0.462 e. The first-order valence-electron chi connectivity index (χ1n) is 32.9. The Morgan fingerprint density at radius 1 is 0.276 bits per heavy atom. The normalized spacial score (nSPS) is 12.5. The van der Waals surface area contributed by atoms with E-state index in [1.54, 1.807) is 0 Å². The molecule has 0 aromatic heterocycles. The van der Waals surface area contributed by atoms with Gasteiger partial charge in [0.2, 0.25) is 0 Å². The van der Waals surface area contributed by atoms with Gasteiger partial charge in [-0.25, -0.2) is 0 Å². The average molecular weight is 1060 g/mol. The fourth-order valence-electron chi connectivity index (χ4n) is 9.53. The Labute approximate surface area is 472 Å². The van der Waals surface area contributed by atoms with Crippen molar-refractivity contribution in [2.75, 3.05) is 13.2 Å². The van der Waals surface area contributed by atoms with Crippen LogP contribution in [0.3, 0.4) is 0 Å². The Morgan fingerprint density at radius 2 is 0.539 bits per heavy atom. The van der Waals surface area contributed by atoms with E-state index in [-0.39, 0.29) is 31.1 Å². The van der Waals surface area contributed by atoms with Gasteiger partial charge in [-0.05, 0) is 83.5 Å². The highest BCUT2D eigenvalue weighted by Gasteiger charge is 2.19. The zero-order chi connectivity index (χ0) is 55.0. The molecule has 0 heterocycles. The molecule has 0 aliphatic rings. The zero-order valence-electron chi connectivity index (χ0n) is 50.5. The molecular weight excluding hydrogens is 937 g/mol. The molecule has 6 nitrogen and oxygen atoms in total. The quantitative estimate of drug-likeness (QED) is 0.0261. The van der Waals surface area contributed by atoms with Crippen LogP contribution in [0.15, 0.2) is 72.9 Å². The second-order valence-electron chi connectivity index (χ2n) is 22.0. The Kier molecular flexibility index (Phi) is 61.7. The van der Waals surface area contributed by atoms with Crippen molar-refractivity contribution in [3.8, 4) is 0 Å². The van der Waals surface area contributed by atoms with Crippen LogP contribution in [0.4, 0.5) is 0 Å². The number of carbonyl (C=O) groups excluding carboxylic acids is 3. The van der Waals surface area contributed by atoms with Crippen LogP contribution in [0.1, 0.15) is 335 Å². The van der Waals surface area contributed by atoms with E-state index < -0.39 is 6.10 Å². The first-order valence-corrected chi connectivity index (χ1v) is 32.9. The molecule has 0 saturated carbocycles. The highest BCUT2D eigenvalue weighted by Crippen LogP contribution is 2.18. The second-order valence-corrected chi connectivity index (χ2v) is 22.0. The predicted molar refractivity (Wildman–Crippen MR) is 330 cm³/mol. The van der Waals surface area contributed by atoms with Crippen LogP contribution in [0, 0.1) is 0 Å². The first kappa shape index (κ1) is 72.8. The van der Waals surface area contributed by atoms with Crippen molar-refractivity contribution in [3.05, 3.63) is 72.9 Å². The molecule has 0 spiro atoms. The molecule has 0 amide bonds. The molecule has 1 atom stereocenters. The number of ether oxygens (including phenoxy) is 3. The van der Waals surface area contributed by atoms with E-state index in [2.05, 4.69) is 93.7 Å². The Morgan fingerprint density at radius 3 is 0.868 bits per heavy atom. The average Bonchev–Trinajstić information content (AvgIpc) is 3.42. The highest BCUT2D eigenvalue weighted by atomic mass is 16.6. The van der Waals surface area contributed by atoms with E-state index in [0.29, 0.717) is 19.3 Å².